The molecule has 26 heavy (non-hydrogen) atoms. The van der Waals surface area contributed by atoms with Gasteiger partial charge in [0.15, 0.2) is 6.61 Å². The van der Waals surface area contributed by atoms with Crippen LogP contribution < -0.4 is 0 Å². The zero-order valence-electron chi connectivity index (χ0n) is 14.8. The lowest BCUT2D eigenvalue weighted by Gasteiger charge is -2.39. The minimum Gasteiger partial charge on any atom is -0.455 e. The summed E-state index contributed by atoms with van der Waals surface area (Å²) in [6.45, 7) is 0.247. The lowest BCUT2D eigenvalue weighted by atomic mass is 9.64. The van der Waals surface area contributed by atoms with E-state index in [1.165, 1.54) is 0 Å². The summed E-state index contributed by atoms with van der Waals surface area (Å²) in [5.74, 6) is -0.541. The molecule has 0 radical (unpaired) electrons. The number of nitrogens with zero attached hydrogens (tertiary/aromatic N) is 1. The van der Waals surface area contributed by atoms with Crippen LogP contribution in [-0.4, -0.2) is 30.4 Å². The largest absolute Gasteiger partial charge is 0.455 e. The van der Waals surface area contributed by atoms with Gasteiger partial charge in [-0.15, -0.1) is 0 Å². The van der Waals surface area contributed by atoms with Crippen molar-refractivity contribution >= 4 is 23.5 Å². The highest BCUT2D eigenvalue weighted by Crippen LogP contribution is 2.45. The van der Waals surface area contributed by atoms with Gasteiger partial charge in [0, 0.05) is 18.6 Å². The molecule has 1 aliphatic rings. The second-order valence-corrected chi connectivity index (χ2v) is 7.19. The van der Waals surface area contributed by atoms with Crippen molar-refractivity contribution in [2.24, 2.45) is 0 Å². The first kappa shape index (κ1) is 18.5. The highest BCUT2D eigenvalue weighted by molar-refractivity contribution is 6.30. The molecular weight excluding hydrogens is 350 g/mol. The van der Waals surface area contributed by atoms with Crippen LogP contribution in [0.5, 0.6) is 0 Å². The molecule has 0 aromatic heterocycles. The number of ether oxygens (including phenoxy) is 1. The van der Waals surface area contributed by atoms with Gasteiger partial charge in [0.05, 0.1) is 5.41 Å². The fraction of sp³-hybridized carbons (Fsp3) is 0.333. The van der Waals surface area contributed by atoms with Gasteiger partial charge < -0.3 is 9.64 Å². The maximum absolute atomic E-state index is 12.7. The number of likely N-dealkylation sites (N-methyl/N-ethyl adjacent to an activating group) is 1. The van der Waals surface area contributed by atoms with Crippen molar-refractivity contribution in [3.05, 3.63) is 70.7 Å². The van der Waals surface area contributed by atoms with Crippen molar-refractivity contribution in [1.29, 1.82) is 0 Å². The third kappa shape index (κ3) is 3.91. The Morgan fingerprint density at radius 1 is 1.08 bits per heavy atom. The van der Waals surface area contributed by atoms with E-state index in [1.807, 2.05) is 42.5 Å². The van der Waals surface area contributed by atoms with E-state index in [0.29, 0.717) is 11.6 Å². The topological polar surface area (TPSA) is 46.6 Å². The Morgan fingerprint density at radius 2 is 1.73 bits per heavy atom. The van der Waals surface area contributed by atoms with E-state index >= 15 is 0 Å². The Hall–Kier alpha value is -2.33. The molecule has 5 heteroatoms. The molecule has 0 N–H and O–H groups in total. The van der Waals surface area contributed by atoms with Gasteiger partial charge in [0.1, 0.15) is 0 Å². The molecule has 4 nitrogen and oxygen atoms in total. The molecule has 2 aromatic rings. The van der Waals surface area contributed by atoms with Crippen LogP contribution in [0.3, 0.4) is 0 Å². The molecule has 0 bridgehead atoms. The second-order valence-electron chi connectivity index (χ2n) is 6.75. The summed E-state index contributed by atoms with van der Waals surface area (Å²) in [7, 11) is 1.71. The first-order valence-corrected chi connectivity index (χ1v) is 9.10. The fourth-order valence-corrected chi connectivity index (χ4v) is 3.36. The average Bonchev–Trinajstić information content (AvgIpc) is 2.61. The highest BCUT2D eigenvalue weighted by Gasteiger charge is 2.47. The molecule has 0 heterocycles. The van der Waals surface area contributed by atoms with Crippen LogP contribution in [0, 0.1) is 0 Å². The first-order chi connectivity index (χ1) is 12.5. The van der Waals surface area contributed by atoms with Crippen molar-refractivity contribution in [3.63, 3.8) is 0 Å². The Kier molecular flexibility index (Phi) is 5.62. The summed E-state index contributed by atoms with van der Waals surface area (Å²) in [4.78, 5) is 26.6. The standard InChI is InChI=1S/C21H22ClNO3/c1-23(14-16-6-3-2-4-7-16)19(24)15-26-20(25)21(12-5-13-21)17-8-10-18(22)11-9-17/h2-4,6-11H,5,12-15H2,1H3. The van der Waals surface area contributed by atoms with Crippen molar-refractivity contribution in [3.8, 4) is 0 Å². The molecule has 136 valence electrons. The third-order valence-corrected chi connectivity index (χ3v) is 5.26. The summed E-state index contributed by atoms with van der Waals surface area (Å²) < 4.78 is 5.39. The number of hydrogen-bond donors (Lipinski definition) is 0. The molecule has 1 saturated carbocycles. The lowest BCUT2D eigenvalue weighted by Crippen LogP contribution is -2.45. The predicted octanol–water partition coefficient (Wildman–Crippen LogP) is 3.96. The van der Waals surface area contributed by atoms with Gasteiger partial charge in [-0.1, -0.05) is 60.5 Å². The Bertz CT molecular complexity index is 770. The number of hydrogen-bond acceptors (Lipinski definition) is 3. The van der Waals surface area contributed by atoms with E-state index in [0.717, 1.165) is 30.4 Å². The van der Waals surface area contributed by atoms with Crippen LogP contribution in [0.15, 0.2) is 54.6 Å². The Balaban J connectivity index is 1.58. The van der Waals surface area contributed by atoms with Gasteiger partial charge >= 0.3 is 5.97 Å². The van der Waals surface area contributed by atoms with E-state index < -0.39 is 5.41 Å². The van der Waals surface area contributed by atoms with Crippen LogP contribution in [0.1, 0.15) is 30.4 Å². The van der Waals surface area contributed by atoms with Crippen LogP contribution >= 0.6 is 11.6 Å². The molecule has 0 aliphatic heterocycles. The summed E-state index contributed by atoms with van der Waals surface area (Å²) >= 11 is 5.94. The number of rotatable bonds is 6. The molecule has 0 spiro atoms. The molecule has 2 aromatic carbocycles. The molecule has 3 rings (SSSR count). The van der Waals surface area contributed by atoms with E-state index in [4.69, 9.17) is 16.3 Å². The number of esters is 1. The van der Waals surface area contributed by atoms with Crippen molar-refractivity contribution in [1.82, 2.24) is 4.90 Å². The molecule has 1 amide bonds. The maximum Gasteiger partial charge on any atom is 0.317 e. The lowest BCUT2D eigenvalue weighted by molar-refractivity contribution is -0.160. The van der Waals surface area contributed by atoms with Crippen molar-refractivity contribution in [2.75, 3.05) is 13.7 Å². The number of carbonyl (C=O) groups is 2. The van der Waals surface area contributed by atoms with Crippen LogP contribution in [0.4, 0.5) is 0 Å². The summed E-state index contributed by atoms with van der Waals surface area (Å²) in [5, 5.41) is 0.634. The van der Waals surface area contributed by atoms with E-state index in [-0.39, 0.29) is 18.5 Å². The summed E-state index contributed by atoms with van der Waals surface area (Å²) in [5.41, 5.74) is 1.30. The Morgan fingerprint density at radius 3 is 2.31 bits per heavy atom. The number of benzene rings is 2. The van der Waals surface area contributed by atoms with Gasteiger partial charge in [0.25, 0.3) is 5.91 Å². The molecule has 0 unspecified atom stereocenters. The van der Waals surface area contributed by atoms with Gasteiger partial charge in [-0.3, -0.25) is 9.59 Å². The molecule has 0 atom stereocenters. The highest BCUT2D eigenvalue weighted by atomic mass is 35.5. The molecule has 1 fully saturated rings. The number of carbonyl (C=O) groups excluding carboxylic acids is 2. The van der Waals surface area contributed by atoms with Crippen molar-refractivity contribution < 1.29 is 14.3 Å². The van der Waals surface area contributed by atoms with E-state index in [1.54, 1.807) is 24.1 Å². The Labute approximate surface area is 158 Å². The number of amides is 1. The van der Waals surface area contributed by atoms with Gasteiger partial charge in [0.2, 0.25) is 0 Å². The minimum atomic E-state index is -0.636. The fourth-order valence-electron chi connectivity index (χ4n) is 3.23. The van der Waals surface area contributed by atoms with Gasteiger partial charge in [-0.2, -0.15) is 0 Å². The normalized spacial score (nSPS) is 15.0. The molecule has 0 saturated heterocycles. The van der Waals surface area contributed by atoms with Gasteiger partial charge in [-0.25, -0.2) is 0 Å². The molecule has 1 aliphatic carbocycles. The quantitative estimate of drug-likeness (QED) is 0.722. The second kappa shape index (κ2) is 7.92. The zero-order valence-corrected chi connectivity index (χ0v) is 15.5. The van der Waals surface area contributed by atoms with Crippen LogP contribution in [0.25, 0.3) is 0 Å². The van der Waals surface area contributed by atoms with Gasteiger partial charge in [-0.05, 0) is 36.1 Å². The molecular formula is C21H22ClNO3. The van der Waals surface area contributed by atoms with Crippen LogP contribution in [0.2, 0.25) is 5.02 Å². The first-order valence-electron chi connectivity index (χ1n) is 8.72. The predicted molar refractivity (Wildman–Crippen MR) is 101 cm³/mol. The zero-order chi connectivity index (χ0) is 18.6. The SMILES string of the molecule is CN(Cc1ccccc1)C(=O)COC(=O)C1(c2ccc(Cl)cc2)CCC1. The van der Waals surface area contributed by atoms with Crippen molar-refractivity contribution in [2.45, 2.75) is 31.2 Å². The summed E-state index contributed by atoms with van der Waals surface area (Å²) in [6.07, 6.45) is 2.45. The number of halogens is 1. The van der Waals surface area contributed by atoms with Crippen LogP contribution in [-0.2, 0) is 26.3 Å². The van der Waals surface area contributed by atoms with E-state index in [9.17, 15) is 9.59 Å². The smallest absolute Gasteiger partial charge is 0.317 e. The van der Waals surface area contributed by atoms with E-state index in [2.05, 4.69) is 0 Å². The maximum atomic E-state index is 12.7. The average molecular weight is 372 g/mol. The third-order valence-electron chi connectivity index (χ3n) is 5.01. The monoisotopic (exact) mass is 371 g/mol. The summed E-state index contributed by atoms with van der Waals surface area (Å²) in [6, 6.07) is 17.0. The minimum absolute atomic E-state index is 0.215.